The van der Waals surface area contributed by atoms with Crippen molar-refractivity contribution in [1.29, 1.82) is 0 Å². The second-order valence-electron chi connectivity index (χ2n) is 5.14. The second-order valence-corrected chi connectivity index (χ2v) is 5.14. The number of hydrogen-bond acceptors (Lipinski definition) is 4. The zero-order valence-electron chi connectivity index (χ0n) is 10.4. The summed E-state index contributed by atoms with van der Waals surface area (Å²) in [6, 6.07) is 0. The molecule has 0 aromatic heterocycles. The molecule has 0 saturated carbocycles. The average Bonchev–Trinajstić information content (AvgIpc) is 3.07. The fourth-order valence-electron chi connectivity index (χ4n) is 2.06. The van der Waals surface area contributed by atoms with Gasteiger partial charge in [0.25, 0.3) is 0 Å². The van der Waals surface area contributed by atoms with Gasteiger partial charge in [-0.3, -0.25) is 0 Å². The quantitative estimate of drug-likeness (QED) is 0.651. The third kappa shape index (κ3) is 2.18. The molecule has 15 heavy (non-hydrogen) atoms. The molecule has 2 fully saturated rings. The van der Waals surface area contributed by atoms with E-state index in [4.69, 9.17) is 0 Å². The van der Waals surface area contributed by atoms with Gasteiger partial charge in [0, 0.05) is 13.1 Å². The molecule has 4 heteroatoms. The van der Waals surface area contributed by atoms with Gasteiger partial charge in [-0.25, -0.2) is 20.9 Å². The highest BCUT2D eigenvalue weighted by Crippen LogP contribution is 2.30. The summed E-state index contributed by atoms with van der Waals surface area (Å²) < 4.78 is 0. The molecule has 0 radical (unpaired) electrons. The van der Waals surface area contributed by atoms with Crippen LogP contribution in [0.4, 0.5) is 0 Å². The molecular weight excluding hydrogens is 188 g/mol. The van der Waals surface area contributed by atoms with Crippen LogP contribution in [0.25, 0.3) is 0 Å². The molecule has 0 aromatic rings. The average molecular weight is 212 g/mol. The van der Waals surface area contributed by atoms with E-state index in [-0.39, 0.29) is 0 Å². The van der Waals surface area contributed by atoms with Crippen LogP contribution in [0.1, 0.15) is 47.0 Å². The lowest BCUT2D eigenvalue weighted by molar-refractivity contribution is 0.351. The molecular formula is C11H24N4. The van der Waals surface area contributed by atoms with E-state index in [1.54, 1.807) is 0 Å². The van der Waals surface area contributed by atoms with Crippen LogP contribution in [0.5, 0.6) is 0 Å². The second kappa shape index (κ2) is 3.70. The zero-order valence-corrected chi connectivity index (χ0v) is 10.4. The van der Waals surface area contributed by atoms with E-state index >= 15 is 0 Å². The van der Waals surface area contributed by atoms with Crippen LogP contribution >= 0.6 is 0 Å². The summed E-state index contributed by atoms with van der Waals surface area (Å²) in [5, 5.41) is 4.69. The van der Waals surface area contributed by atoms with E-state index in [0.717, 1.165) is 13.1 Å². The Kier molecular flexibility index (Phi) is 2.79. The number of rotatable bonds is 6. The Bertz CT molecular complexity index is 221. The minimum Gasteiger partial charge on any atom is -0.232 e. The highest BCUT2D eigenvalue weighted by Gasteiger charge is 2.47. The van der Waals surface area contributed by atoms with Crippen molar-refractivity contribution >= 4 is 0 Å². The summed E-state index contributed by atoms with van der Waals surface area (Å²) in [4.78, 5) is 0. The standard InChI is InChI=1S/C11H24N4/c1-5-10(3)12-14(10)8-7-9-15-11(4,6-2)13-15/h12-13H,5-9H2,1-4H3. The molecule has 2 saturated heterocycles. The highest BCUT2D eigenvalue weighted by atomic mass is 15.8. The molecule has 2 aliphatic rings. The monoisotopic (exact) mass is 212 g/mol. The summed E-state index contributed by atoms with van der Waals surface area (Å²) in [6.07, 6.45) is 3.59. The van der Waals surface area contributed by atoms with Crippen molar-refractivity contribution < 1.29 is 0 Å². The first kappa shape index (κ1) is 11.3. The molecule has 4 unspecified atom stereocenters. The van der Waals surface area contributed by atoms with E-state index in [2.05, 4.69) is 48.6 Å². The normalized spacial score (nSPS) is 48.0. The Morgan fingerprint density at radius 1 is 0.867 bits per heavy atom. The molecule has 4 atom stereocenters. The molecule has 88 valence electrons. The van der Waals surface area contributed by atoms with Crippen LogP contribution in [0, 0.1) is 0 Å². The van der Waals surface area contributed by atoms with E-state index in [1.807, 2.05) is 0 Å². The highest BCUT2D eigenvalue weighted by molar-refractivity contribution is 4.94. The Morgan fingerprint density at radius 2 is 1.27 bits per heavy atom. The Hall–Kier alpha value is -0.160. The molecule has 0 bridgehead atoms. The lowest BCUT2D eigenvalue weighted by Crippen LogP contribution is -2.18. The van der Waals surface area contributed by atoms with Gasteiger partial charge in [0.15, 0.2) is 0 Å². The minimum absolute atomic E-state index is 0.292. The fraction of sp³-hybridized carbons (Fsp3) is 1.00. The van der Waals surface area contributed by atoms with Gasteiger partial charge in [0.2, 0.25) is 0 Å². The number of hydrogen-bond donors (Lipinski definition) is 2. The molecule has 2 N–H and O–H groups in total. The van der Waals surface area contributed by atoms with E-state index in [9.17, 15) is 0 Å². The SMILES string of the molecule is CCC1(C)NN1CCCN1NC1(C)CC. The van der Waals surface area contributed by atoms with Crippen molar-refractivity contribution in [2.24, 2.45) is 0 Å². The van der Waals surface area contributed by atoms with E-state index in [1.165, 1.54) is 19.3 Å². The Labute approximate surface area is 92.9 Å². The van der Waals surface area contributed by atoms with Crippen molar-refractivity contribution in [2.45, 2.75) is 58.3 Å². The van der Waals surface area contributed by atoms with Crippen LogP contribution in [0.2, 0.25) is 0 Å². The molecule has 2 aliphatic heterocycles. The lowest BCUT2D eigenvalue weighted by Gasteiger charge is -2.08. The molecule has 2 rings (SSSR count). The maximum Gasteiger partial charge on any atom is 0.0943 e. The fourth-order valence-corrected chi connectivity index (χ4v) is 2.06. The van der Waals surface area contributed by atoms with E-state index in [0.29, 0.717) is 11.3 Å². The number of nitrogens with one attached hydrogen (secondary N) is 2. The maximum atomic E-state index is 3.42. The van der Waals surface area contributed by atoms with Crippen molar-refractivity contribution in [2.75, 3.05) is 13.1 Å². The summed E-state index contributed by atoms with van der Waals surface area (Å²) in [5.41, 5.74) is 7.42. The first-order valence-corrected chi connectivity index (χ1v) is 6.15. The van der Waals surface area contributed by atoms with Crippen molar-refractivity contribution in [3.8, 4) is 0 Å². The lowest BCUT2D eigenvalue weighted by atomic mass is 10.2. The van der Waals surface area contributed by atoms with Crippen molar-refractivity contribution in [3.63, 3.8) is 0 Å². The van der Waals surface area contributed by atoms with Gasteiger partial charge in [0.1, 0.15) is 0 Å². The van der Waals surface area contributed by atoms with Gasteiger partial charge in [-0.15, -0.1) is 0 Å². The van der Waals surface area contributed by atoms with Crippen molar-refractivity contribution in [1.82, 2.24) is 20.9 Å². The zero-order chi connectivity index (χ0) is 11.1. The Morgan fingerprint density at radius 3 is 1.53 bits per heavy atom. The first-order valence-electron chi connectivity index (χ1n) is 6.15. The summed E-state index contributed by atoms with van der Waals surface area (Å²) in [7, 11) is 0. The molecule has 0 aromatic carbocycles. The Balaban J connectivity index is 1.58. The van der Waals surface area contributed by atoms with Crippen LogP contribution in [-0.4, -0.2) is 34.4 Å². The van der Waals surface area contributed by atoms with Crippen LogP contribution < -0.4 is 10.9 Å². The number of hydrazine groups is 2. The minimum atomic E-state index is 0.292. The van der Waals surface area contributed by atoms with E-state index < -0.39 is 0 Å². The first-order chi connectivity index (χ1) is 7.04. The largest absolute Gasteiger partial charge is 0.232 e. The van der Waals surface area contributed by atoms with Gasteiger partial charge in [-0.1, -0.05) is 13.8 Å². The predicted octanol–water partition coefficient (Wildman–Crippen LogP) is 1.27. The van der Waals surface area contributed by atoms with Gasteiger partial charge in [0.05, 0.1) is 11.3 Å². The smallest absolute Gasteiger partial charge is 0.0943 e. The van der Waals surface area contributed by atoms with Crippen molar-refractivity contribution in [3.05, 3.63) is 0 Å². The topological polar surface area (TPSA) is 49.9 Å². The third-order valence-corrected chi connectivity index (χ3v) is 3.98. The van der Waals surface area contributed by atoms with Crippen LogP contribution in [0.15, 0.2) is 0 Å². The number of nitrogens with zero attached hydrogens (tertiary/aromatic N) is 2. The van der Waals surface area contributed by atoms with Crippen LogP contribution in [0.3, 0.4) is 0 Å². The summed E-state index contributed by atoms with van der Waals surface area (Å²) in [5.74, 6) is 0. The van der Waals surface area contributed by atoms with Gasteiger partial charge < -0.3 is 0 Å². The van der Waals surface area contributed by atoms with Gasteiger partial charge in [-0.2, -0.15) is 0 Å². The summed E-state index contributed by atoms with van der Waals surface area (Å²) >= 11 is 0. The third-order valence-electron chi connectivity index (χ3n) is 3.98. The molecule has 2 heterocycles. The van der Waals surface area contributed by atoms with Gasteiger partial charge >= 0.3 is 0 Å². The molecule has 4 nitrogen and oxygen atoms in total. The summed E-state index contributed by atoms with van der Waals surface area (Å²) in [6.45, 7) is 11.3. The van der Waals surface area contributed by atoms with Gasteiger partial charge in [-0.05, 0) is 33.1 Å². The predicted molar refractivity (Wildman–Crippen MR) is 61.7 cm³/mol. The maximum absolute atomic E-state index is 3.42. The van der Waals surface area contributed by atoms with Crippen LogP contribution in [-0.2, 0) is 0 Å². The molecule has 0 aliphatic carbocycles. The molecule has 0 spiro atoms. The molecule has 0 amide bonds.